The van der Waals surface area contributed by atoms with Gasteiger partial charge in [0, 0.05) is 26.1 Å². The normalized spacial score (nSPS) is 26.4. The van der Waals surface area contributed by atoms with Crippen molar-refractivity contribution in [1.29, 1.82) is 0 Å². The number of aryl methyl sites for hydroxylation is 1. The molecule has 1 atom stereocenters. The van der Waals surface area contributed by atoms with Crippen LogP contribution in [0.1, 0.15) is 68.4 Å². The monoisotopic (exact) mass is 340 g/mol. The molecule has 4 rings (SSSR count). The molecule has 0 N–H and O–H groups in total. The highest BCUT2D eigenvalue weighted by Crippen LogP contribution is 2.39. The Kier molecular flexibility index (Phi) is 4.86. The van der Waals surface area contributed by atoms with Crippen molar-refractivity contribution < 1.29 is 4.79 Å². The molecule has 1 unspecified atom stereocenters. The maximum Gasteiger partial charge on any atom is 0.223 e. The maximum absolute atomic E-state index is 13.4. The second kappa shape index (κ2) is 7.11. The number of piperazine rings is 1. The Labute approximate surface area is 152 Å². The zero-order chi connectivity index (χ0) is 17.3. The molecule has 0 radical (unpaired) electrons. The minimum atomic E-state index is 0.122. The van der Waals surface area contributed by atoms with Crippen LogP contribution in [0.3, 0.4) is 0 Å². The minimum Gasteiger partial charge on any atom is -0.334 e. The summed E-state index contributed by atoms with van der Waals surface area (Å²) in [7, 11) is 2.22. The predicted molar refractivity (Wildman–Crippen MR) is 102 cm³/mol. The van der Waals surface area contributed by atoms with E-state index >= 15 is 0 Å². The Morgan fingerprint density at radius 1 is 1.12 bits per heavy atom. The Balaban J connectivity index is 1.52. The lowest BCUT2D eigenvalue weighted by molar-refractivity contribution is -0.144. The topological polar surface area (TPSA) is 23.6 Å². The lowest BCUT2D eigenvalue weighted by Gasteiger charge is -2.52. The van der Waals surface area contributed by atoms with Crippen molar-refractivity contribution in [1.82, 2.24) is 9.80 Å². The molecule has 1 saturated heterocycles. The van der Waals surface area contributed by atoms with Gasteiger partial charge in [-0.2, -0.15) is 0 Å². The molecule has 3 nitrogen and oxygen atoms in total. The largest absolute Gasteiger partial charge is 0.334 e. The van der Waals surface area contributed by atoms with Gasteiger partial charge in [-0.25, -0.2) is 0 Å². The average molecular weight is 341 g/mol. The Hall–Kier alpha value is -1.35. The molecule has 3 heteroatoms. The smallest absolute Gasteiger partial charge is 0.223 e. The van der Waals surface area contributed by atoms with E-state index in [0.717, 1.165) is 19.6 Å². The van der Waals surface area contributed by atoms with E-state index in [2.05, 4.69) is 41.1 Å². The van der Waals surface area contributed by atoms with Crippen molar-refractivity contribution in [2.45, 2.75) is 69.2 Å². The first-order valence-corrected chi connectivity index (χ1v) is 10.2. The lowest BCUT2D eigenvalue weighted by atomic mass is 9.77. The van der Waals surface area contributed by atoms with Crippen LogP contribution in [-0.4, -0.2) is 47.9 Å². The van der Waals surface area contributed by atoms with E-state index in [1.807, 2.05) is 0 Å². The molecule has 1 saturated carbocycles. The molecule has 2 fully saturated rings. The van der Waals surface area contributed by atoms with Crippen LogP contribution < -0.4 is 0 Å². The molecule has 1 aromatic carbocycles. The van der Waals surface area contributed by atoms with Gasteiger partial charge in [-0.15, -0.1) is 0 Å². The number of carbonyl (C=O) groups excluding carboxylic acids is 1. The van der Waals surface area contributed by atoms with Gasteiger partial charge < -0.3 is 9.80 Å². The lowest BCUT2D eigenvalue weighted by Crippen LogP contribution is -2.64. The van der Waals surface area contributed by atoms with Gasteiger partial charge in [0.15, 0.2) is 0 Å². The van der Waals surface area contributed by atoms with E-state index < -0.39 is 0 Å². The fourth-order valence-electron chi connectivity index (χ4n) is 5.59. The number of nitrogens with zero attached hydrogens (tertiary/aromatic N) is 2. The first-order chi connectivity index (χ1) is 12.2. The number of amides is 1. The molecule has 1 amide bonds. The number of likely N-dealkylation sites (N-methyl/N-ethyl adjacent to an activating group) is 1. The van der Waals surface area contributed by atoms with Crippen LogP contribution in [0.2, 0.25) is 0 Å². The second-order valence-electron chi connectivity index (χ2n) is 8.56. The molecule has 2 aliphatic carbocycles. The van der Waals surface area contributed by atoms with Gasteiger partial charge in [0.05, 0.1) is 5.54 Å². The van der Waals surface area contributed by atoms with Crippen LogP contribution in [0.4, 0.5) is 0 Å². The van der Waals surface area contributed by atoms with E-state index in [-0.39, 0.29) is 5.54 Å². The van der Waals surface area contributed by atoms with Gasteiger partial charge in [0.25, 0.3) is 0 Å². The Bertz CT molecular complexity index is 620. The van der Waals surface area contributed by atoms with Crippen LogP contribution in [0.15, 0.2) is 24.3 Å². The van der Waals surface area contributed by atoms with Crippen LogP contribution in [0, 0.1) is 0 Å². The van der Waals surface area contributed by atoms with Crippen molar-refractivity contribution >= 4 is 5.91 Å². The van der Waals surface area contributed by atoms with E-state index in [9.17, 15) is 4.79 Å². The third kappa shape index (κ3) is 3.36. The molecule has 1 heterocycles. The first-order valence-electron chi connectivity index (χ1n) is 10.2. The van der Waals surface area contributed by atoms with E-state index in [4.69, 9.17) is 0 Å². The highest BCUT2D eigenvalue weighted by molar-refractivity contribution is 5.78. The van der Waals surface area contributed by atoms with Crippen molar-refractivity contribution in [3.05, 3.63) is 35.4 Å². The zero-order valence-corrected chi connectivity index (χ0v) is 15.7. The third-order valence-electron chi connectivity index (χ3n) is 6.84. The maximum atomic E-state index is 13.4. The van der Waals surface area contributed by atoms with Crippen LogP contribution >= 0.6 is 0 Å². The predicted octanol–water partition coefficient (Wildman–Crippen LogP) is 3.97. The number of rotatable bonds is 2. The highest BCUT2D eigenvalue weighted by atomic mass is 16.2. The number of hydrogen-bond donors (Lipinski definition) is 0. The third-order valence-corrected chi connectivity index (χ3v) is 6.84. The summed E-state index contributed by atoms with van der Waals surface area (Å²) in [5.41, 5.74) is 3.03. The molecule has 0 aromatic heterocycles. The standard InChI is InChI=1S/C22H32N2O/c1-23-14-15-24(22(17-23)12-5-2-6-13-22)21(25)16-19-10-7-9-18-8-3-4-11-20(18)19/h3-4,8,11,19H,2,5-7,9-10,12-17H2,1H3. The number of carbonyl (C=O) groups is 1. The first kappa shape index (κ1) is 17.1. The van der Waals surface area contributed by atoms with E-state index in [1.165, 1.54) is 62.5 Å². The minimum absolute atomic E-state index is 0.122. The summed E-state index contributed by atoms with van der Waals surface area (Å²) in [6, 6.07) is 8.79. The Morgan fingerprint density at radius 3 is 2.76 bits per heavy atom. The summed E-state index contributed by atoms with van der Waals surface area (Å²) in [4.78, 5) is 18.1. The van der Waals surface area contributed by atoms with Gasteiger partial charge in [0.2, 0.25) is 5.91 Å². The SMILES string of the molecule is CN1CCN(C(=O)CC2CCCc3ccccc32)C2(CCCCC2)C1. The fourth-order valence-corrected chi connectivity index (χ4v) is 5.59. The van der Waals surface area contributed by atoms with Crippen LogP contribution in [0.5, 0.6) is 0 Å². The van der Waals surface area contributed by atoms with Crippen molar-refractivity contribution in [2.24, 2.45) is 0 Å². The van der Waals surface area contributed by atoms with E-state index in [1.54, 1.807) is 0 Å². The molecular weight excluding hydrogens is 308 g/mol. The fraction of sp³-hybridized carbons (Fsp3) is 0.682. The molecule has 3 aliphatic rings. The number of hydrogen-bond acceptors (Lipinski definition) is 2. The Morgan fingerprint density at radius 2 is 1.92 bits per heavy atom. The molecule has 25 heavy (non-hydrogen) atoms. The molecular formula is C22H32N2O. The van der Waals surface area contributed by atoms with Crippen molar-refractivity contribution in [2.75, 3.05) is 26.7 Å². The number of fused-ring (bicyclic) bond motifs is 1. The summed E-state index contributed by atoms with van der Waals surface area (Å²) in [5, 5.41) is 0. The van der Waals surface area contributed by atoms with Gasteiger partial charge in [-0.05, 0) is 56.2 Å². The average Bonchev–Trinajstić information content (AvgIpc) is 2.62. The molecule has 0 bridgehead atoms. The number of benzene rings is 1. The van der Waals surface area contributed by atoms with Gasteiger partial charge >= 0.3 is 0 Å². The van der Waals surface area contributed by atoms with Crippen molar-refractivity contribution in [3.8, 4) is 0 Å². The summed E-state index contributed by atoms with van der Waals surface area (Å²) in [6.45, 7) is 3.01. The van der Waals surface area contributed by atoms with Gasteiger partial charge in [-0.1, -0.05) is 43.5 Å². The van der Waals surface area contributed by atoms with Gasteiger partial charge in [0.1, 0.15) is 0 Å². The summed E-state index contributed by atoms with van der Waals surface area (Å²) >= 11 is 0. The molecule has 1 spiro atoms. The molecule has 1 aromatic rings. The van der Waals surface area contributed by atoms with E-state index in [0.29, 0.717) is 18.2 Å². The van der Waals surface area contributed by atoms with Gasteiger partial charge in [-0.3, -0.25) is 4.79 Å². The zero-order valence-electron chi connectivity index (χ0n) is 15.7. The quantitative estimate of drug-likeness (QED) is 0.813. The summed E-state index contributed by atoms with van der Waals surface area (Å²) in [5.74, 6) is 0.842. The summed E-state index contributed by atoms with van der Waals surface area (Å²) in [6.07, 6.45) is 10.6. The van der Waals surface area contributed by atoms with Crippen LogP contribution in [0.25, 0.3) is 0 Å². The summed E-state index contributed by atoms with van der Waals surface area (Å²) < 4.78 is 0. The van der Waals surface area contributed by atoms with Crippen molar-refractivity contribution in [3.63, 3.8) is 0 Å². The molecule has 136 valence electrons. The van der Waals surface area contributed by atoms with Crippen LogP contribution in [-0.2, 0) is 11.2 Å². The highest BCUT2D eigenvalue weighted by Gasteiger charge is 2.44. The second-order valence-corrected chi connectivity index (χ2v) is 8.56. The molecule has 1 aliphatic heterocycles.